The van der Waals surface area contributed by atoms with E-state index >= 15 is 0 Å². The van der Waals surface area contributed by atoms with Gasteiger partial charge in [0.2, 0.25) is 6.29 Å². The molecule has 8 heteroatoms. The van der Waals surface area contributed by atoms with E-state index in [4.69, 9.17) is 14.2 Å². The molecule has 0 amide bonds. The number of rotatable bonds is 11. The molecular weight excluding hydrogens is 366 g/mol. The van der Waals surface area contributed by atoms with Gasteiger partial charge in [-0.05, 0) is 30.0 Å². The summed E-state index contributed by atoms with van der Waals surface area (Å²) in [5.74, 6) is 1.10. The second kappa shape index (κ2) is 11.7. The second-order valence-electron chi connectivity index (χ2n) is 7.43. The monoisotopic (exact) mass is 399 g/mol. The zero-order valence-corrected chi connectivity index (χ0v) is 16.5. The summed E-state index contributed by atoms with van der Waals surface area (Å²) in [6.07, 6.45) is -5.38. The van der Waals surface area contributed by atoms with Gasteiger partial charge in [-0.15, -0.1) is 0 Å². The van der Waals surface area contributed by atoms with Crippen molar-refractivity contribution in [1.29, 1.82) is 0 Å². The predicted molar refractivity (Wildman–Crippen MR) is 103 cm³/mol. The van der Waals surface area contributed by atoms with Crippen LogP contribution in [0.25, 0.3) is 0 Å². The molecule has 1 aliphatic heterocycles. The molecule has 1 aromatic rings. The lowest BCUT2D eigenvalue weighted by atomic mass is 9.99. The highest BCUT2D eigenvalue weighted by molar-refractivity contribution is 5.27. The van der Waals surface area contributed by atoms with Crippen LogP contribution in [-0.4, -0.2) is 77.5 Å². The van der Waals surface area contributed by atoms with Crippen molar-refractivity contribution in [2.24, 2.45) is 5.92 Å². The molecule has 2 rings (SSSR count). The Kier molecular flexibility index (Phi) is 9.60. The lowest BCUT2D eigenvalue weighted by Gasteiger charge is -2.39. The normalized spacial score (nSPS) is 27.9. The Morgan fingerprint density at radius 1 is 1.04 bits per heavy atom. The Hall–Kier alpha value is -1.26. The zero-order chi connectivity index (χ0) is 20.5. The summed E-state index contributed by atoms with van der Waals surface area (Å²) in [7, 11) is 0. The topological polar surface area (TPSA) is 121 Å². The number of aliphatic hydroxyl groups excluding tert-OH is 4. The Bertz CT molecular complexity index is 552. The average molecular weight is 399 g/mol. The molecule has 1 saturated heterocycles. The zero-order valence-electron chi connectivity index (χ0n) is 16.5. The quantitative estimate of drug-likeness (QED) is 0.330. The van der Waals surface area contributed by atoms with Crippen molar-refractivity contribution in [3.8, 4) is 5.75 Å². The molecule has 1 heterocycles. The van der Waals surface area contributed by atoms with Gasteiger partial charge in [-0.25, -0.2) is 0 Å². The van der Waals surface area contributed by atoms with E-state index in [9.17, 15) is 20.4 Å². The first-order chi connectivity index (χ1) is 13.4. The standard InChI is InChI=1S/C20H33NO7/c1-13(2)7-9-26-10-8-21-11-14-3-5-15(6-4-14)27-20-19(25)18(24)17(23)16(12-22)28-20/h3-6,13,16-25H,7-12H2,1-2H3. The Morgan fingerprint density at radius 3 is 2.39 bits per heavy atom. The van der Waals surface area contributed by atoms with Crippen LogP contribution < -0.4 is 10.1 Å². The molecule has 8 nitrogen and oxygen atoms in total. The largest absolute Gasteiger partial charge is 0.462 e. The minimum Gasteiger partial charge on any atom is -0.462 e. The first-order valence-electron chi connectivity index (χ1n) is 9.77. The van der Waals surface area contributed by atoms with Gasteiger partial charge in [-0.1, -0.05) is 26.0 Å². The van der Waals surface area contributed by atoms with E-state index in [2.05, 4.69) is 19.2 Å². The van der Waals surface area contributed by atoms with Crippen molar-refractivity contribution in [2.45, 2.75) is 57.5 Å². The molecule has 1 aliphatic rings. The van der Waals surface area contributed by atoms with Gasteiger partial charge < -0.3 is 40.0 Å². The maximum absolute atomic E-state index is 10.0. The summed E-state index contributed by atoms with van der Waals surface area (Å²) in [6.45, 7) is 6.76. The molecular formula is C20H33NO7. The van der Waals surface area contributed by atoms with Gasteiger partial charge in [0.1, 0.15) is 30.2 Å². The van der Waals surface area contributed by atoms with Crippen LogP contribution in [0.2, 0.25) is 0 Å². The smallest absolute Gasteiger partial charge is 0.229 e. The van der Waals surface area contributed by atoms with E-state index in [1.165, 1.54) is 0 Å². The molecule has 0 bridgehead atoms. The molecule has 28 heavy (non-hydrogen) atoms. The lowest BCUT2D eigenvalue weighted by Crippen LogP contribution is -2.60. The van der Waals surface area contributed by atoms with Gasteiger partial charge >= 0.3 is 0 Å². The molecule has 1 fully saturated rings. The first kappa shape index (κ1) is 23.0. The van der Waals surface area contributed by atoms with Crippen molar-refractivity contribution >= 4 is 0 Å². The van der Waals surface area contributed by atoms with E-state index in [0.29, 0.717) is 24.8 Å². The summed E-state index contributed by atoms with van der Waals surface area (Å²) in [6, 6.07) is 7.23. The van der Waals surface area contributed by atoms with Crippen LogP contribution in [0.4, 0.5) is 0 Å². The molecule has 1 aromatic carbocycles. The molecule has 5 N–H and O–H groups in total. The molecule has 160 valence electrons. The van der Waals surface area contributed by atoms with Gasteiger partial charge in [0.15, 0.2) is 0 Å². The van der Waals surface area contributed by atoms with Crippen molar-refractivity contribution in [1.82, 2.24) is 5.32 Å². The second-order valence-corrected chi connectivity index (χ2v) is 7.43. The third kappa shape index (κ3) is 6.97. The maximum atomic E-state index is 10.0. The Morgan fingerprint density at radius 2 is 1.75 bits per heavy atom. The van der Waals surface area contributed by atoms with Crippen molar-refractivity contribution < 1.29 is 34.6 Å². The molecule has 0 radical (unpaired) electrons. The van der Waals surface area contributed by atoms with Gasteiger partial charge in [-0.2, -0.15) is 0 Å². The fraction of sp³-hybridized carbons (Fsp3) is 0.700. The highest BCUT2D eigenvalue weighted by Crippen LogP contribution is 2.24. The number of hydrogen-bond acceptors (Lipinski definition) is 8. The van der Waals surface area contributed by atoms with Crippen LogP contribution in [0.5, 0.6) is 5.75 Å². The summed E-state index contributed by atoms with van der Waals surface area (Å²) in [4.78, 5) is 0. The molecule has 0 aromatic heterocycles. The van der Waals surface area contributed by atoms with Crippen molar-refractivity contribution in [3.63, 3.8) is 0 Å². The third-order valence-corrected chi connectivity index (χ3v) is 4.62. The fourth-order valence-electron chi connectivity index (χ4n) is 2.78. The van der Waals surface area contributed by atoms with Crippen LogP contribution in [-0.2, 0) is 16.0 Å². The van der Waals surface area contributed by atoms with E-state index in [1.54, 1.807) is 12.1 Å². The SMILES string of the molecule is CC(C)CCOCCNCc1ccc(OC2OC(CO)C(O)C(O)C2O)cc1. The van der Waals surface area contributed by atoms with Crippen LogP contribution in [0, 0.1) is 5.92 Å². The summed E-state index contributed by atoms with van der Waals surface area (Å²) in [5.41, 5.74) is 1.06. The molecule has 5 atom stereocenters. The third-order valence-electron chi connectivity index (χ3n) is 4.62. The molecule has 0 saturated carbocycles. The van der Waals surface area contributed by atoms with Crippen LogP contribution in [0.15, 0.2) is 24.3 Å². The summed E-state index contributed by atoms with van der Waals surface area (Å²) in [5, 5.41) is 42.1. The van der Waals surface area contributed by atoms with Crippen molar-refractivity contribution in [3.05, 3.63) is 29.8 Å². The number of hydrogen-bond donors (Lipinski definition) is 5. The number of aliphatic hydroxyl groups is 4. The average Bonchev–Trinajstić information content (AvgIpc) is 2.68. The first-order valence-corrected chi connectivity index (χ1v) is 9.77. The minimum absolute atomic E-state index is 0.449. The number of nitrogens with one attached hydrogen (secondary N) is 1. The van der Waals surface area contributed by atoms with E-state index in [0.717, 1.165) is 25.1 Å². The maximum Gasteiger partial charge on any atom is 0.229 e. The predicted octanol–water partition coefficient (Wildman–Crippen LogP) is 0.0176. The Balaban J connectivity index is 1.73. The summed E-state index contributed by atoms with van der Waals surface area (Å²) >= 11 is 0. The van der Waals surface area contributed by atoms with Crippen LogP contribution >= 0.6 is 0 Å². The Labute approximate surface area is 166 Å². The molecule has 0 spiro atoms. The minimum atomic E-state index is -1.46. The van der Waals surface area contributed by atoms with E-state index < -0.39 is 37.3 Å². The number of benzene rings is 1. The molecule has 5 unspecified atom stereocenters. The van der Waals surface area contributed by atoms with Gasteiger partial charge in [-0.3, -0.25) is 0 Å². The highest BCUT2D eigenvalue weighted by atomic mass is 16.7. The van der Waals surface area contributed by atoms with E-state index in [1.807, 2.05) is 12.1 Å². The summed E-state index contributed by atoms with van der Waals surface area (Å²) < 4.78 is 16.5. The number of ether oxygens (including phenoxy) is 3. The van der Waals surface area contributed by atoms with Gasteiger partial charge in [0.25, 0.3) is 0 Å². The molecule has 0 aliphatic carbocycles. The van der Waals surface area contributed by atoms with Crippen LogP contribution in [0.1, 0.15) is 25.8 Å². The van der Waals surface area contributed by atoms with E-state index in [-0.39, 0.29) is 0 Å². The van der Waals surface area contributed by atoms with Gasteiger partial charge in [0, 0.05) is 19.7 Å². The fourth-order valence-corrected chi connectivity index (χ4v) is 2.78. The van der Waals surface area contributed by atoms with Crippen molar-refractivity contribution in [2.75, 3.05) is 26.4 Å². The highest BCUT2D eigenvalue weighted by Gasteiger charge is 2.44. The lowest BCUT2D eigenvalue weighted by molar-refractivity contribution is -0.277. The van der Waals surface area contributed by atoms with Gasteiger partial charge in [0.05, 0.1) is 13.2 Å². The van der Waals surface area contributed by atoms with Crippen LogP contribution in [0.3, 0.4) is 0 Å².